The van der Waals surface area contributed by atoms with Crippen LogP contribution < -0.4 is 37.6 Å². The molecule has 0 saturated heterocycles. The van der Waals surface area contributed by atoms with Gasteiger partial charge in [-0.25, -0.2) is 4.79 Å². The summed E-state index contributed by atoms with van der Waals surface area (Å²) in [5, 5.41) is 48.6. The average Bonchev–Trinajstić information content (AvgIpc) is 2.84. The van der Waals surface area contributed by atoms with Gasteiger partial charge in [0.25, 0.3) is 0 Å². The minimum Gasteiger partial charge on any atom is -0.480 e. The zero-order valence-electron chi connectivity index (χ0n) is 18.4. The summed E-state index contributed by atoms with van der Waals surface area (Å²) < 4.78 is 0. The second-order valence-electron chi connectivity index (χ2n) is 6.66. The Morgan fingerprint density at radius 3 is 1.46 bits per heavy atom. The van der Waals surface area contributed by atoms with Crippen LogP contribution in [0.5, 0.6) is 0 Å². The first-order chi connectivity index (χ1) is 16.5. The minimum absolute atomic E-state index is 0.332. The van der Waals surface area contributed by atoms with E-state index in [1.54, 1.807) is 0 Å². The Balaban J connectivity index is 4.57. The van der Waals surface area contributed by atoms with Crippen LogP contribution in [0.2, 0.25) is 0 Å². The summed E-state index contributed by atoms with van der Waals surface area (Å²) in [5.74, 6) is -6.85. The lowest BCUT2D eigenvalue weighted by atomic mass is 10.2. The third kappa shape index (κ3) is 12.8. The molecular weight excluding hydrogens is 478 g/mol. The number of aliphatic hydroxyl groups excluding tert-OH is 3. The molecule has 0 aromatic rings. The number of hydrogen-bond donors (Lipinski definition) is 11. The van der Waals surface area contributed by atoms with E-state index >= 15 is 0 Å². The van der Waals surface area contributed by atoms with Gasteiger partial charge in [-0.15, -0.1) is 0 Å². The molecule has 12 N–H and O–H groups in total. The van der Waals surface area contributed by atoms with E-state index < -0.39 is 99.0 Å². The fourth-order valence-electron chi connectivity index (χ4n) is 2.12. The number of nitrogens with two attached hydrogens (primary N) is 1. The molecule has 0 rings (SSSR count). The molecule has 0 saturated carbocycles. The highest BCUT2D eigenvalue weighted by Gasteiger charge is 2.26. The fraction of sp³-hybridized carbons (Fsp3) is 0.588. The summed E-state index contributed by atoms with van der Waals surface area (Å²) >= 11 is 0. The number of carbonyl (C=O) groups excluding carboxylic acids is 6. The Hall–Kier alpha value is -3.87. The Bertz CT molecular complexity index is 792. The van der Waals surface area contributed by atoms with E-state index in [1.165, 1.54) is 0 Å². The van der Waals surface area contributed by atoms with Gasteiger partial charge >= 0.3 is 5.97 Å². The number of hydrogen-bond acceptors (Lipinski definition) is 11. The van der Waals surface area contributed by atoms with Crippen LogP contribution in [-0.2, 0) is 33.6 Å². The van der Waals surface area contributed by atoms with Crippen molar-refractivity contribution >= 4 is 41.4 Å². The predicted molar refractivity (Wildman–Crippen MR) is 113 cm³/mol. The number of aliphatic hydroxyl groups is 3. The second-order valence-corrected chi connectivity index (χ2v) is 6.66. The van der Waals surface area contributed by atoms with Gasteiger partial charge in [-0.2, -0.15) is 0 Å². The van der Waals surface area contributed by atoms with Crippen LogP contribution in [0.3, 0.4) is 0 Å². The van der Waals surface area contributed by atoms with Crippen molar-refractivity contribution in [1.82, 2.24) is 31.9 Å². The van der Waals surface area contributed by atoms with E-state index in [-0.39, 0.29) is 6.54 Å². The summed E-state index contributed by atoms with van der Waals surface area (Å²) in [6, 6.07) is -4.78. The molecule has 0 radical (unpaired) electrons. The quantitative estimate of drug-likeness (QED) is 0.0928. The highest BCUT2D eigenvalue weighted by molar-refractivity contribution is 5.94. The molecule has 18 nitrogen and oxygen atoms in total. The number of aliphatic carboxylic acids is 1. The smallest absolute Gasteiger partial charge is 0.328 e. The highest BCUT2D eigenvalue weighted by Crippen LogP contribution is 1.89. The molecule has 0 aliphatic rings. The molecule has 3 atom stereocenters. The number of rotatable bonds is 16. The van der Waals surface area contributed by atoms with E-state index in [0.717, 1.165) is 0 Å². The molecule has 0 heterocycles. The summed E-state index contributed by atoms with van der Waals surface area (Å²) in [6.45, 7) is -4.87. The summed E-state index contributed by atoms with van der Waals surface area (Å²) in [7, 11) is 0. The van der Waals surface area contributed by atoms with E-state index in [9.17, 15) is 43.8 Å². The minimum atomic E-state index is -1.67. The maximum absolute atomic E-state index is 12.1. The van der Waals surface area contributed by atoms with E-state index in [2.05, 4.69) is 21.3 Å². The van der Waals surface area contributed by atoms with Gasteiger partial charge in [0.1, 0.15) is 18.1 Å². The second kappa shape index (κ2) is 16.7. The first kappa shape index (κ1) is 31.1. The SMILES string of the molecule is NCC(=O)NCC(=O)NCC(=O)N[C@@H](CO)C(=O)NCC(=O)N[C@@H](CO)C(=O)N[C@@H](CO)C(=O)O. The number of carbonyl (C=O) groups is 7. The van der Waals surface area contributed by atoms with Crippen LogP contribution in [0.4, 0.5) is 0 Å². The van der Waals surface area contributed by atoms with Crippen molar-refractivity contribution in [3.8, 4) is 0 Å². The van der Waals surface area contributed by atoms with E-state index in [4.69, 9.17) is 15.9 Å². The maximum Gasteiger partial charge on any atom is 0.328 e. The van der Waals surface area contributed by atoms with Crippen molar-refractivity contribution in [2.75, 3.05) is 46.0 Å². The van der Waals surface area contributed by atoms with Gasteiger partial charge in [0, 0.05) is 0 Å². The lowest BCUT2D eigenvalue weighted by Gasteiger charge is -2.20. The van der Waals surface area contributed by atoms with Crippen LogP contribution in [0.15, 0.2) is 0 Å². The molecule has 0 aromatic carbocycles. The van der Waals surface area contributed by atoms with Crippen molar-refractivity contribution in [2.24, 2.45) is 5.73 Å². The van der Waals surface area contributed by atoms with Gasteiger partial charge in [-0.1, -0.05) is 0 Å². The van der Waals surface area contributed by atoms with Crippen molar-refractivity contribution in [1.29, 1.82) is 0 Å². The number of carboxylic acid groups (broad SMARTS) is 1. The molecule has 0 spiro atoms. The molecule has 198 valence electrons. The Labute approximate surface area is 198 Å². The fourth-order valence-corrected chi connectivity index (χ4v) is 2.12. The predicted octanol–water partition coefficient (Wildman–Crippen LogP) is -8.19. The maximum atomic E-state index is 12.1. The lowest BCUT2D eigenvalue weighted by Crippen LogP contribution is -2.56. The van der Waals surface area contributed by atoms with Gasteiger partial charge < -0.3 is 58.1 Å². The number of nitrogens with one attached hydrogen (secondary N) is 6. The van der Waals surface area contributed by atoms with Crippen molar-refractivity contribution in [2.45, 2.75) is 18.1 Å². The Morgan fingerprint density at radius 1 is 0.571 bits per heavy atom. The van der Waals surface area contributed by atoms with Gasteiger partial charge in [0.2, 0.25) is 35.4 Å². The van der Waals surface area contributed by atoms with Crippen LogP contribution in [0.1, 0.15) is 0 Å². The molecule has 0 unspecified atom stereocenters. The number of amides is 6. The topological polar surface area (TPSA) is 299 Å². The molecule has 0 aromatic heterocycles. The van der Waals surface area contributed by atoms with Crippen LogP contribution in [0.25, 0.3) is 0 Å². The highest BCUT2D eigenvalue weighted by atomic mass is 16.4. The Morgan fingerprint density at radius 2 is 1.00 bits per heavy atom. The van der Waals surface area contributed by atoms with Crippen molar-refractivity contribution in [3.05, 3.63) is 0 Å². The summed E-state index contributed by atoms with van der Waals surface area (Å²) in [6.07, 6.45) is 0. The monoisotopic (exact) mass is 507 g/mol. The van der Waals surface area contributed by atoms with Crippen molar-refractivity contribution < 1.29 is 54.0 Å². The van der Waals surface area contributed by atoms with E-state index in [0.29, 0.717) is 0 Å². The molecule has 0 bridgehead atoms. The molecule has 0 fully saturated rings. The van der Waals surface area contributed by atoms with Gasteiger partial charge in [0.05, 0.1) is 46.0 Å². The zero-order chi connectivity index (χ0) is 27.0. The standard InChI is InChI=1S/C17H29N7O11/c18-1-11(28)19-2-12(29)20-3-13(30)22-8(5-25)15(32)21-4-14(31)23-9(6-26)16(33)24-10(7-27)17(34)35/h8-10,25-27H,1-7,18H2,(H,19,28)(H,20,29)(H,21,32)(H,22,30)(H,23,31)(H,24,33)(H,34,35)/t8-,9-,10-/m0/s1. The first-order valence-corrected chi connectivity index (χ1v) is 9.94. The molecule has 0 aliphatic heterocycles. The third-order valence-corrected chi connectivity index (χ3v) is 3.97. The van der Waals surface area contributed by atoms with Gasteiger partial charge in [-0.05, 0) is 0 Å². The lowest BCUT2D eigenvalue weighted by molar-refractivity contribution is -0.143. The van der Waals surface area contributed by atoms with Crippen LogP contribution >= 0.6 is 0 Å². The third-order valence-electron chi connectivity index (χ3n) is 3.97. The largest absolute Gasteiger partial charge is 0.480 e. The summed E-state index contributed by atoms with van der Waals surface area (Å²) in [4.78, 5) is 81.0. The molecular formula is C17H29N7O11. The Kier molecular flexibility index (Phi) is 14.9. The van der Waals surface area contributed by atoms with E-state index in [1.807, 2.05) is 10.6 Å². The number of carboxylic acids is 1. The molecule has 35 heavy (non-hydrogen) atoms. The van der Waals surface area contributed by atoms with Gasteiger partial charge in [-0.3, -0.25) is 28.8 Å². The zero-order valence-corrected chi connectivity index (χ0v) is 18.4. The molecule has 18 heteroatoms. The normalized spacial score (nSPS) is 12.8. The van der Waals surface area contributed by atoms with Gasteiger partial charge in [0.15, 0.2) is 0 Å². The average molecular weight is 507 g/mol. The summed E-state index contributed by atoms with van der Waals surface area (Å²) in [5.41, 5.74) is 5.05. The van der Waals surface area contributed by atoms with Crippen LogP contribution in [-0.4, -0.2) is 126 Å². The molecule has 6 amide bonds. The van der Waals surface area contributed by atoms with Crippen molar-refractivity contribution in [3.63, 3.8) is 0 Å². The van der Waals surface area contributed by atoms with Crippen LogP contribution in [0, 0.1) is 0 Å². The molecule has 0 aliphatic carbocycles. The first-order valence-electron chi connectivity index (χ1n) is 9.94.